The van der Waals surface area contributed by atoms with Gasteiger partial charge in [0.25, 0.3) is 0 Å². The fourth-order valence-corrected chi connectivity index (χ4v) is 2.65. The Morgan fingerprint density at radius 3 is 2.30 bits per heavy atom. The minimum absolute atomic E-state index is 0.0503. The maximum absolute atomic E-state index is 12.3. The van der Waals surface area contributed by atoms with Crippen LogP contribution in [0.15, 0.2) is 0 Å². The van der Waals surface area contributed by atoms with Crippen LogP contribution in [-0.4, -0.2) is 52.6 Å². The summed E-state index contributed by atoms with van der Waals surface area (Å²) in [5.41, 5.74) is 5.58. The third kappa shape index (κ3) is 3.69. The average Bonchev–Trinajstić information content (AvgIpc) is 2.43. The monoisotopic (exact) mass is 286 g/mol. The van der Waals surface area contributed by atoms with E-state index in [4.69, 9.17) is 15.9 Å². The number of amides is 1. The first-order chi connectivity index (χ1) is 9.42. The number of hydrogen-bond donors (Lipinski definition) is 3. The Balaban J connectivity index is 2.77. The molecule has 1 fully saturated rings. The summed E-state index contributed by atoms with van der Waals surface area (Å²) in [6.45, 7) is 2.40. The van der Waals surface area contributed by atoms with Crippen LogP contribution in [0.2, 0.25) is 0 Å². The normalized spacial score (nSPS) is 24.2. The van der Waals surface area contributed by atoms with Gasteiger partial charge in [0.05, 0.1) is 17.8 Å². The molecule has 1 saturated heterocycles. The Labute approximate surface area is 117 Å². The summed E-state index contributed by atoms with van der Waals surface area (Å²) < 4.78 is 0. The molecule has 114 valence electrons. The quantitative estimate of drug-likeness (QED) is 0.631. The molecule has 3 atom stereocenters. The molecule has 4 N–H and O–H groups in total. The van der Waals surface area contributed by atoms with Gasteiger partial charge in [-0.2, -0.15) is 0 Å². The molecule has 1 amide bonds. The number of carboxylic acids is 2. The minimum Gasteiger partial charge on any atom is -0.481 e. The summed E-state index contributed by atoms with van der Waals surface area (Å²) >= 11 is 0. The Bertz CT molecular complexity index is 385. The highest BCUT2D eigenvalue weighted by Gasteiger charge is 2.40. The summed E-state index contributed by atoms with van der Waals surface area (Å²) in [5.74, 6) is -4.74. The topological polar surface area (TPSA) is 121 Å². The van der Waals surface area contributed by atoms with E-state index in [9.17, 15) is 14.4 Å². The number of carbonyl (C=O) groups excluding carboxylic acids is 1. The fraction of sp³-hybridized carbons (Fsp3) is 0.769. The predicted octanol–water partition coefficient (Wildman–Crippen LogP) is -0.00470. The maximum atomic E-state index is 12.3. The third-order valence-electron chi connectivity index (χ3n) is 3.83. The first-order valence-electron chi connectivity index (χ1n) is 6.86. The molecule has 3 unspecified atom stereocenters. The van der Waals surface area contributed by atoms with Gasteiger partial charge < -0.3 is 20.8 Å². The van der Waals surface area contributed by atoms with Crippen LogP contribution in [0, 0.1) is 17.8 Å². The van der Waals surface area contributed by atoms with E-state index >= 15 is 0 Å². The van der Waals surface area contributed by atoms with Gasteiger partial charge in [-0.1, -0.05) is 13.3 Å². The minimum atomic E-state index is -1.17. The van der Waals surface area contributed by atoms with E-state index in [-0.39, 0.29) is 37.9 Å². The van der Waals surface area contributed by atoms with Gasteiger partial charge in [-0.3, -0.25) is 14.4 Å². The summed E-state index contributed by atoms with van der Waals surface area (Å²) in [6.07, 6.45) is 1.65. The lowest BCUT2D eigenvalue weighted by atomic mass is 9.85. The molecule has 1 aliphatic rings. The smallest absolute Gasteiger partial charge is 0.309 e. The molecule has 20 heavy (non-hydrogen) atoms. The number of hydrogen-bond acceptors (Lipinski definition) is 4. The van der Waals surface area contributed by atoms with Crippen LogP contribution in [0.25, 0.3) is 0 Å². The summed E-state index contributed by atoms with van der Waals surface area (Å²) in [5, 5.41) is 18.2. The summed E-state index contributed by atoms with van der Waals surface area (Å²) in [6, 6.07) is 0. The first kappa shape index (κ1) is 16.4. The highest BCUT2D eigenvalue weighted by atomic mass is 16.4. The van der Waals surface area contributed by atoms with E-state index in [0.29, 0.717) is 6.42 Å². The van der Waals surface area contributed by atoms with Crippen LogP contribution < -0.4 is 5.73 Å². The second-order valence-electron chi connectivity index (χ2n) is 5.18. The van der Waals surface area contributed by atoms with E-state index < -0.39 is 23.8 Å². The molecule has 1 aliphatic heterocycles. The average molecular weight is 286 g/mol. The van der Waals surface area contributed by atoms with Crippen molar-refractivity contribution in [1.29, 1.82) is 0 Å². The van der Waals surface area contributed by atoms with Gasteiger partial charge in [0.15, 0.2) is 0 Å². The predicted molar refractivity (Wildman–Crippen MR) is 70.9 cm³/mol. The molecule has 0 radical (unpaired) electrons. The number of carboxylic acid groups (broad SMARTS) is 2. The summed E-state index contributed by atoms with van der Waals surface area (Å²) in [7, 11) is 0. The van der Waals surface area contributed by atoms with E-state index in [1.165, 1.54) is 4.90 Å². The SMILES string of the molecule is CCCC(CN)C(=O)N1CCC(C(=O)O)C(C(=O)O)C1. The van der Waals surface area contributed by atoms with Crippen LogP contribution >= 0.6 is 0 Å². The van der Waals surface area contributed by atoms with Crippen LogP contribution in [0.1, 0.15) is 26.2 Å². The van der Waals surface area contributed by atoms with Crippen LogP contribution in [0.5, 0.6) is 0 Å². The second-order valence-corrected chi connectivity index (χ2v) is 5.18. The highest BCUT2D eigenvalue weighted by Crippen LogP contribution is 2.26. The van der Waals surface area contributed by atoms with E-state index in [1.54, 1.807) is 0 Å². The fourth-order valence-electron chi connectivity index (χ4n) is 2.65. The van der Waals surface area contributed by atoms with E-state index in [1.807, 2.05) is 6.92 Å². The zero-order valence-electron chi connectivity index (χ0n) is 11.6. The van der Waals surface area contributed by atoms with Crippen molar-refractivity contribution in [2.24, 2.45) is 23.5 Å². The Morgan fingerprint density at radius 1 is 1.25 bits per heavy atom. The molecule has 7 heteroatoms. The van der Waals surface area contributed by atoms with Gasteiger partial charge in [0.1, 0.15) is 0 Å². The molecule has 0 spiro atoms. The molecular weight excluding hydrogens is 264 g/mol. The number of rotatable bonds is 6. The number of nitrogens with two attached hydrogens (primary N) is 1. The van der Waals surface area contributed by atoms with Crippen LogP contribution in [-0.2, 0) is 14.4 Å². The van der Waals surface area contributed by atoms with Gasteiger partial charge in [0.2, 0.25) is 5.91 Å². The van der Waals surface area contributed by atoms with E-state index in [2.05, 4.69) is 0 Å². The zero-order valence-corrected chi connectivity index (χ0v) is 11.6. The molecule has 0 aromatic rings. The Morgan fingerprint density at radius 2 is 1.85 bits per heavy atom. The number of nitrogens with zero attached hydrogens (tertiary/aromatic N) is 1. The number of piperidine rings is 1. The molecular formula is C13H22N2O5. The van der Waals surface area contributed by atoms with E-state index in [0.717, 1.165) is 6.42 Å². The number of carbonyl (C=O) groups is 3. The molecule has 0 aliphatic carbocycles. The van der Waals surface area contributed by atoms with Crippen molar-refractivity contribution < 1.29 is 24.6 Å². The zero-order chi connectivity index (χ0) is 15.3. The van der Waals surface area contributed by atoms with Crippen molar-refractivity contribution >= 4 is 17.8 Å². The molecule has 7 nitrogen and oxygen atoms in total. The van der Waals surface area contributed by atoms with Crippen molar-refractivity contribution in [1.82, 2.24) is 4.90 Å². The van der Waals surface area contributed by atoms with Crippen molar-refractivity contribution in [3.05, 3.63) is 0 Å². The molecule has 0 aromatic carbocycles. The first-order valence-corrected chi connectivity index (χ1v) is 6.86. The third-order valence-corrected chi connectivity index (χ3v) is 3.83. The number of likely N-dealkylation sites (tertiary alicyclic amines) is 1. The highest BCUT2D eigenvalue weighted by molar-refractivity contribution is 5.83. The van der Waals surface area contributed by atoms with Crippen LogP contribution in [0.3, 0.4) is 0 Å². The molecule has 0 aromatic heterocycles. The summed E-state index contributed by atoms with van der Waals surface area (Å²) in [4.78, 5) is 35.9. The number of aliphatic carboxylic acids is 2. The van der Waals surface area contributed by atoms with Crippen molar-refractivity contribution in [2.75, 3.05) is 19.6 Å². The van der Waals surface area contributed by atoms with Crippen LogP contribution in [0.4, 0.5) is 0 Å². The van der Waals surface area contributed by atoms with Gasteiger partial charge in [0, 0.05) is 19.6 Å². The van der Waals surface area contributed by atoms with Gasteiger partial charge in [-0.15, -0.1) is 0 Å². The van der Waals surface area contributed by atoms with Crippen molar-refractivity contribution in [2.45, 2.75) is 26.2 Å². The van der Waals surface area contributed by atoms with Crippen molar-refractivity contribution in [3.63, 3.8) is 0 Å². The second kappa shape index (κ2) is 7.23. The molecule has 0 saturated carbocycles. The van der Waals surface area contributed by atoms with Gasteiger partial charge in [-0.25, -0.2) is 0 Å². The van der Waals surface area contributed by atoms with Gasteiger partial charge >= 0.3 is 11.9 Å². The largest absolute Gasteiger partial charge is 0.481 e. The lowest BCUT2D eigenvalue weighted by molar-refractivity contribution is -0.159. The molecule has 0 bridgehead atoms. The Kier molecular flexibility index (Phi) is 5.94. The van der Waals surface area contributed by atoms with Gasteiger partial charge in [-0.05, 0) is 12.8 Å². The maximum Gasteiger partial charge on any atom is 0.309 e. The van der Waals surface area contributed by atoms with Crippen molar-refractivity contribution in [3.8, 4) is 0 Å². The lowest BCUT2D eigenvalue weighted by Crippen LogP contribution is -2.51. The molecule has 1 heterocycles. The Hall–Kier alpha value is -1.63. The standard InChI is InChI=1S/C13H22N2O5/c1-2-3-8(6-14)11(16)15-5-4-9(12(17)18)10(7-15)13(19)20/h8-10H,2-7,14H2,1H3,(H,17,18)(H,19,20). The lowest BCUT2D eigenvalue weighted by Gasteiger charge is -2.36. The molecule has 1 rings (SSSR count).